The molecule has 4 heteroatoms. The van der Waals surface area contributed by atoms with Gasteiger partial charge in [-0.15, -0.1) is 0 Å². The zero-order valence-electron chi connectivity index (χ0n) is 9.07. The first kappa shape index (κ1) is 11.0. The fourth-order valence-corrected chi connectivity index (χ4v) is 1.56. The summed E-state index contributed by atoms with van der Waals surface area (Å²) in [6, 6.07) is -0.728. The topological polar surface area (TPSA) is 58.9 Å². The van der Waals surface area contributed by atoms with Crippen molar-refractivity contribution in [3.8, 4) is 0 Å². The number of carbonyl (C=O) groups is 1. The molecule has 1 rings (SSSR count). The number of aliphatic imine (C=N–C) groups is 1. The summed E-state index contributed by atoms with van der Waals surface area (Å²) in [6.45, 7) is 7.87. The molecule has 0 aliphatic carbocycles. The van der Waals surface area contributed by atoms with E-state index in [1.54, 1.807) is 6.92 Å². The summed E-state index contributed by atoms with van der Waals surface area (Å²) in [5.41, 5.74) is 0.0541. The van der Waals surface area contributed by atoms with E-state index in [2.05, 4.69) is 25.8 Å². The maximum atomic E-state index is 10.9. The first-order valence-electron chi connectivity index (χ1n) is 4.73. The van der Waals surface area contributed by atoms with Gasteiger partial charge in [-0.05, 0) is 11.8 Å². The van der Waals surface area contributed by atoms with Crippen molar-refractivity contribution in [3.05, 3.63) is 0 Å². The van der Waals surface area contributed by atoms with Crippen LogP contribution >= 0.6 is 0 Å². The van der Waals surface area contributed by atoms with Crippen LogP contribution in [0.15, 0.2) is 4.99 Å². The van der Waals surface area contributed by atoms with Gasteiger partial charge in [-0.3, -0.25) is 0 Å². The van der Waals surface area contributed by atoms with Crippen molar-refractivity contribution in [2.75, 3.05) is 0 Å². The summed E-state index contributed by atoms with van der Waals surface area (Å²) >= 11 is 0. The normalized spacial score (nSPS) is 27.0. The molecular weight excluding hydrogens is 182 g/mol. The molecule has 0 fully saturated rings. The molecule has 2 unspecified atom stereocenters. The molecule has 1 aliphatic rings. The number of hydrogen-bond acceptors (Lipinski definition) is 3. The van der Waals surface area contributed by atoms with Crippen LogP contribution in [0.4, 0.5) is 0 Å². The number of nitrogens with zero attached hydrogens (tertiary/aromatic N) is 1. The highest BCUT2D eigenvalue weighted by molar-refractivity contribution is 5.84. The van der Waals surface area contributed by atoms with Gasteiger partial charge in [0.25, 0.3) is 0 Å². The van der Waals surface area contributed by atoms with Crippen LogP contribution in [0.3, 0.4) is 0 Å². The van der Waals surface area contributed by atoms with Gasteiger partial charge in [0.15, 0.2) is 11.9 Å². The Bertz CT molecular complexity index is 265. The molecule has 0 aromatic rings. The van der Waals surface area contributed by atoms with Gasteiger partial charge >= 0.3 is 5.97 Å². The van der Waals surface area contributed by atoms with Crippen molar-refractivity contribution in [1.82, 2.24) is 0 Å². The summed E-state index contributed by atoms with van der Waals surface area (Å²) in [4.78, 5) is 14.8. The fraction of sp³-hybridized carbons (Fsp3) is 0.800. The van der Waals surface area contributed by atoms with Crippen LogP contribution in [-0.2, 0) is 9.53 Å². The second kappa shape index (κ2) is 3.59. The van der Waals surface area contributed by atoms with Gasteiger partial charge in [0.05, 0.1) is 0 Å². The lowest BCUT2D eigenvalue weighted by atomic mass is 9.87. The predicted molar refractivity (Wildman–Crippen MR) is 53.5 cm³/mol. The molecule has 0 saturated heterocycles. The lowest BCUT2D eigenvalue weighted by Crippen LogP contribution is -2.33. The third kappa shape index (κ3) is 2.72. The van der Waals surface area contributed by atoms with Crippen LogP contribution in [0.25, 0.3) is 0 Å². The summed E-state index contributed by atoms with van der Waals surface area (Å²) < 4.78 is 5.38. The largest absolute Gasteiger partial charge is 0.480 e. The van der Waals surface area contributed by atoms with Gasteiger partial charge in [0.2, 0.25) is 0 Å². The standard InChI is InChI=1S/C10H17NO3/c1-6-11-8(9(12)13)7(14-6)5-10(2,3)4/h7-8H,5H2,1-4H3,(H,12,13). The Morgan fingerprint density at radius 3 is 2.57 bits per heavy atom. The highest BCUT2D eigenvalue weighted by Crippen LogP contribution is 2.28. The van der Waals surface area contributed by atoms with E-state index < -0.39 is 12.0 Å². The number of rotatable bonds is 2. The molecule has 1 N–H and O–H groups in total. The maximum Gasteiger partial charge on any atom is 0.332 e. The minimum atomic E-state index is -0.906. The van der Waals surface area contributed by atoms with E-state index in [0.717, 1.165) is 0 Å². The second-order valence-corrected chi connectivity index (χ2v) is 4.85. The first-order valence-corrected chi connectivity index (χ1v) is 4.73. The molecule has 0 amide bonds. The molecule has 80 valence electrons. The third-order valence-corrected chi connectivity index (χ3v) is 2.06. The molecule has 0 saturated carbocycles. The Kier molecular flexibility index (Phi) is 2.83. The van der Waals surface area contributed by atoms with Crippen LogP contribution in [0, 0.1) is 5.41 Å². The Balaban J connectivity index is 2.68. The van der Waals surface area contributed by atoms with Crippen molar-refractivity contribution in [3.63, 3.8) is 0 Å². The smallest absolute Gasteiger partial charge is 0.332 e. The summed E-state index contributed by atoms with van der Waals surface area (Å²) in [7, 11) is 0. The molecule has 4 nitrogen and oxygen atoms in total. The van der Waals surface area contributed by atoms with Crippen LogP contribution in [0.5, 0.6) is 0 Å². The first-order chi connectivity index (χ1) is 6.29. The monoisotopic (exact) mass is 199 g/mol. The van der Waals surface area contributed by atoms with Crippen LogP contribution in [0.1, 0.15) is 34.1 Å². The van der Waals surface area contributed by atoms with E-state index in [0.29, 0.717) is 12.3 Å². The minimum Gasteiger partial charge on any atom is -0.480 e. The second-order valence-electron chi connectivity index (χ2n) is 4.85. The minimum absolute atomic E-state index is 0.0541. The third-order valence-electron chi connectivity index (χ3n) is 2.06. The van der Waals surface area contributed by atoms with Gasteiger partial charge in [-0.1, -0.05) is 20.8 Å². The van der Waals surface area contributed by atoms with Crippen molar-refractivity contribution < 1.29 is 14.6 Å². The van der Waals surface area contributed by atoms with Crippen LogP contribution < -0.4 is 0 Å². The van der Waals surface area contributed by atoms with E-state index in [9.17, 15) is 4.79 Å². The van der Waals surface area contributed by atoms with Crippen molar-refractivity contribution in [1.29, 1.82) is 0 Å². The van der Waals surface area contributed by atoms with Gasteiger partial charge in [0, 0.05) is 6.92 Å². The van der Waals surface area contributed by atoms with Gasteiger partial charge in [-0.2, -0.15) is 0 Å². The molecule has 2 atom stereocenters. The highest BCUT2D eigenvalue weighted by atomic mass is 16.5. The quantitative estimate of drug-likeness (QED) is 0.736. The number of aliphatic carboxylic acids is 1. The molecule has 14 heavy (non-hydrogen) atoms. The van der Waals surface area contributed by atoms with Gasteiger partial charge in [0.1, 0.15) is 6.10 Å². The average Bonchev–Trinajstić information content (AvgIpc) is 2.27. The highest BCUT2D eigenvalue weighted by Gasteiger charge is 2.37. The molecule has 0 aromatic carbocycles. The number of carboxylic acids is 1. The summed E-state index contributed by atoms with van der Waals surface area (Å²) in [5, 5.41) is 8.91. The van der Waals surface area contributed by atoms with E-state index >= 15 is 0 Å². The average molecular weight is 199 g/mol. The molecule has 0 bridgehead atoms. The van der Waals surface area contributed by atoms with Crippen molar-refractivity contribution in [2.45, 2.75) is 46.3 Å². The lowest BCUT2D eigenvalue weighted by Gasteiger charge is -2.24. The van der Waals surface area contributed by atoms with E-state index in [-0.39, 0.29) is 11.5 Å². The number of ether oxygens (including phenoxy) is 1. The maximum absolute atomic E-state index is 10.9. The Labute approximate surface area is 84.0 Å². The predicted octanol–water partition coefficient (Wildman–Crippen LogP) is 1.69. The van der Waals surface area contributed by atoms with Crippen LogP contribution in [0.2, 0.25) is 0 Å². The van der Waals surface area contributed by atoms with Gasteiger partial charge < -0.3 is 9.84 Å². The number of hydrogen-bond donors (Lipinski definition) is 1. The van der Waals surface area contributed by atoms with Crippen LogP contribution in [-0.4, -0.2) is 29.1 Å². The SMILES string of the molecule is CC1=NC(C(=O)O)C(CC(C)(C)C)O1. The van der Waals surface area contributed by atoms with E-state index in [1.165, 1.54) is 0 Å². The fourth-order valence-electron chi connectivity index (χ4n) is 1.56. The molecule has 1 heterocycles. The molecule has 1 aliphatic heterocycles. The summed E-state index contributed by atoms with van der Waals surface area (Å²) in [6.07, 6.45) is 0.387. The Hall–Kier alpha value is -1.06. The Morgan fingerprint density at radius 1 is 1.57 bits per heavy atom. The van der Waals surface area contributed by atoms with Gasteiger partial charge in [-0.25, -0.2) is 9.79 Å². The Morgan fingerprint density at radius 2 is 2.14 bits per heavy atom. The van der Waals surface area contributed by atoms with E-state index in [4.69, 9.17) is 9.84 Å². The molecule has 0 radical (unpaired) electrons. The van der Waals surface area contributed by atoms with E-state index in [1.807, 2.05) is 0 Å². The van der Waals surface area contributed by atoms with Crippen molar-refractivity contribution in [2.24, 2.45) is 10.4 Å². The summed E-state index contributed by atoms with van der Waals surface area (Å²) in [5.74, 6) is -0.428. The number of carboxylic acid groups (broad SMARTS) is 1. The van der Waals surface area contributed by atoms with Crippen molar-refractivity contribution >= 4 is 11.9 Å². The molecular formula is C10H17NO3. The zero-order valence-corrected chi connectivity index (χ0v) is 9.07. The molecule has 0 aromatic heterocycles. The molecule has 0 spiro atoms. The lowest BCUT2D eigenvalue weighted by molar-refractivity contribution is -0.140. The zero-order chi connectivity index (χ0) is 10.9.